The zero-order valence-corrected chi connectivity index (χ0v) is 11.9. The summed E-state index contributed by atoms with van der Waals surface area (Å²) in [5.41, 5.74) is 0. The standard InChI is InChI=1S/C14H23NO5/c1-19-13(16)8-10-2-4-11(5-3-10)20-12-6-7-15(9-12)14(17)18/h10-12H,2-9H2,1H3,(H,17,18)/t10-,11-,12-/m1/s1. The van der Waals surface area contributed by atoms with Gasteiger partial charge in [-0.15, -0.1) is 0 Å². The SMILES string of the molecule is COC(=O)C[C@H]1CC[C@H](O[C@@H]2CCN(C(=O)O)C2)CC1. The van der Waals surface area contributed by atoms with Crippen LogP contribution in [-0.4, -0.2) is 54.5 Å². The number of carbonyl (C=O) groups is 2. The zero-order chi connectivity index (χ0) is 14.5. The quantitative estimate of drug-likeness (QED) is 0.798. The molecule has 1 aliphatic heterocycles. The Bertz CT molecular complexity index is 351. The molecule has 1 saturated heterocycles. The summed E-state index contributed by atoms with van der Waals surface area (Å²) >= 11 is 0. The highest BCUT2D eigenvalue weighted by atomic mass is 16.5. The van der Waals surface area contributed by atoms with Crippen LogP contribution in [0, 0.1) is 5.92 Å². The maximum Gasteiger partial charge on any atom is 0.407 e. The van der Waals surface area contributed by atoms with Gasteiger partial charge in [-0.25, -0.2) is 4.79 Å². The van der Waals surface area contributed by atoms with Gasteiger partial charge in [-0.3, -0.25) is 4.79 Å². The molecule has 0 bridgehead atoms. The topological polar surface area (TPSA) is 76.1 Å². The predicted molar refractivity (Wildman–Crippen MR) is 71.5 cm³/mol. The highest BCUT2D eigenvalue weighted by molar-refractivity contribution is 5.69. The second kappa shape index (κ2) is 6.92. The van der Waals surface area contributed by atoms with Gasteiger partial charge in [-0.2, -0.15) is 0 Å². The van der Waals surface area contributed by atoms with Crippen LogP contribution in [0.1, 0.15) is 38.5 Å². The van der Waals surface area contributed by atoms with Crippen LogP contribution in [0.2, 0.25) is 0 Å². The summed E-state index contributed by atoms with van der Waals surface area (Å²) in [5.74, 6) is 0.267. The summed E-state index contributed by atoms with van der Waals surface area (Å²) in [6.45, 7) is 1.05. The van der Waals surface area contributed by atoms with Gasteiger partial charge < -0.3 is 19.5 Å². The molecule has 2 aliphatic rings. The van der Waals surface area contributed by atoms with E-state index in [2.05, 4.69) is 0 Å². The van der Waals surface area contributed by atoms with Gasteiger partial charge in [0, 0.05) is 13.0 Å². The summed E-state index contributed by atoms with van der Waals surface area (Å²) in [6.07, 6.45) is 4.53. The van der Waals surface area contributed by atoms with E-state index in [9.17, 15) is 9.59 Å². The van der Waals surface area contributed by atoms with Crippen LogP contribution < -0.4 is 0 Å². The summed E-state index contributed by atoms with van der Waals surface area (Å²) < 4.78 is 10.7. The summed E-state index contributed by atoms with van der Waals surface area (Å²) in [7, 11) is 1.42. The zero-order valence-electron chi connectivity index (χ0n) is 11.9. The molecule has 1 aliphatic carbocycles. The summed E-state index contributed by atoms with van der Waals surface area (Å²) in [6, 6.07) is 0. The van der Waals surface area contributed by atoms with Crippen LogP contribution in [0.3, 0.4) is 0 Å². The highest BCUT2D eigenvalue weighted by Crippen LogP contribution is 2.30. The fraction of sp³-hybridized carbons (Fsp3) is 0.857. The lowest BCUT2D eigenvalue weighted by atomic mass is 9.85. The first-order valence-electron chi connectivity index (χ1n) is 7.28. The molecule has 1 saturated carbocycles. The van der Waals surface area contributed by atoms with Crippen molar-refractivity contribution in [3.63, 3.8) is 0 Å². The molecule has 0 aromatic heterocycles. The number of nitrogens with zero attached hydrogens (tertiary/aromatic N) is 1. The molecule has 114 valence electrons. The lowest BCUT2D eigenvalue weighted by Gasteiger charge is -2.29. The largest absolute Gasteiger partial charge is 0.469 e. The minimum atomic E-state index is -0.863. The van der Waals surface area contributed by atoms with E-state index in [0.717, 1.165) is 32.1 Å². The number of hydrogen-bond acceptors (Lipinski definition) is 4. The van der Waals surface area contributed by atoms with E-state index in [1.807, 2.05) is 0 Å². The Morgan fingerprint density at radius 2 is 1.85 bits per heavy atom. The van der Waals surface area contributed by atoms with Gasteiger partial charge in [0.1, 0.15) is 0 Å². The Hall–Kier alpha value is -1.30. The molecule has 2 fully saturated rings. The van der Waals surface area contributed by atoms with Crippen molar-refractivity contribution in [3.8, 4) is 0 Å². The Balaban J connectivity index is 1.67. The average molecular weight is 285 g/mol. The van der Waals surface area contributed by atoms with Crippen molar-refractivity contribution >= 4 is 12.1 Å². The number of carboxylic acid groups (broad SMARTS) is 1. The van der Waals surface area contributed by atoms with Crippen molar-refractivity contribution in [2.24, 2.45) is 5.92 Å². The van der Waals surface area contributed by atoms with Crippen molar-refractivity contribution in [3.05, 3.63) is 0 Å². The molecule has 20 heavy (non-hydrogen) atoms. The van der Waals surface area contributed by atoms with Gasteiger partial charge in [-0.05, 0) is 38.0 Å². The second-order valence-electron chi connectivity index (χ2n) is 5.70. The number of esters is 1. The lowest BCUT2D eigenvalue weighted by Crippen LogP contribution is -2.31. The number of methoxy groups -OCH3 is 1. The maximum absolute atomic E-state index is 11.2. The van der Waals surface area contributed by atoms with E-state index < -0.39 is 6.09 Å². The van der Waals surface area contributed by atoms with Crippen LogP contribution in [0.15, 0.2) is 0 Å². The normalized spacial score (nSPS) is 30.2. The number of hydrogen-bond donors (Lipinski definition) is 1. The molecule has 0 radical (unpaired) electrons. The molecule has 1 N–H and O–H groups in total. The molecule has 0 unspecified atom stereocenters. The van der Waals surface area contributed by atoms with Gasteiger partial charge in [0.15, 0.2) is 0 Å². The smallest absolute Gasteiger partial charge is 0.407 e. The molecule has 2 rings (SSSR count). The third kappa shape index (κ3) is 4.10. The molecule has 0 aromatic carbocycles. The van der Waals surface area contributed by atoms with Crippen molar-refractivity contribution in [1.82, 2.24) is 4.90 Å². The maximum atomic E-state index is 11.2. The average Bonchev–Trinajstić information content (AvgIpc) is 2.89. The highest BCUT2D eigenvalue weighted by Gasteiger charge is 2.30. The van der Waals surface area contributed by atoms with E-state index in [0.29, 0.717) is 25.4 Å². The van der Waals surface area contributed by atoms with Crippen molar-refractivity contribution < 1.29 is 24.2 Å². The van der Waals surface area contributed by atoms with Crippen LogP contribution in [0.4, 0.5) is 4.79 Å². The fourth-order valence-electron chi connectivity index (χ4n) is 3.08. The van der Waals surface area contributed by atoms with Crippen LogP contribution in [0.25, 0.3) is 0 Å². The van der Waals surface area contributed by atoms with Crippen LogP contribution in [-0.2, 0) is 14.3 Å². The van der Waals surface area contributed by atoms with Gasteiger partial charge in [0.05, 0.1) is 25.9 Å². The Kier molecular flexibility index (Phi) is 5.23. The summed E-state index contributed by atoms with van der Waals surface area (Å²) in [5, 5.41) is 8.91. The molecular weight excluding hydrogens is 262 g/mol. The number of ether oxygens (including phenoxy) is 2. The van der Waals surface area contributed by atoms with Crippen molar-refractivity contribution in [2.45, 2.75) is 50.7 Å². The van der Waals surface area contributed by atoms with Gasteiger partial charge in [0.2, 0.25) is 0 Å². The minimum absolute atomic E-state index is 0.0354. The fourth-order valence-corrected chi connectivity index (χ4v) is 3.08. The van der Waals surface area contributed by atoms with Gasteiger partial charge in [-0.1, -0.05) is 0 Å². The van der Waals surface area contributed by atoms with E-state index >= 15 is 0 Å². The van der Waals surface area contributed by atoms with E-state index in [1.165, 1.54) is 12.0 Å². The molecule has 6 nitrogen and oxygen atoms in total. The monoisotopic (exact) mass is 285 g/mol. The van der Waals surface area contributed by atoms with E-state index in [4.69, 9.17) is 14.6 Å². The predicted octanol–water partition coefficient (Wildman–Crippen LogP) is 1.88. The first kappa shape index (κ1) is 15.1. The second-order valence-corrected chi connectivity index (χ2v) is 5.70. The van der Waals surface area contributed by atoms with Crippen LogP contribution in [0.5, 0.6) is 0 Å². The first-order valence-corrected chi connectivity index (χ1v) is 7.28. The minimum Gasteiger partial charge on any atom is -0.469 e. The molecular formula is C14H23NO5. The Morgan fingerprint density at radius 3 is 2.40 bits per heavy atom. The van der Waals surface area contributed by atoms with Crippen LogP contribution >= 0.6 is 0 Å². The number of likely N-dealkylation sites (tertiary alicyclic amines) is 1. The van der Waals surface area contributed by atoms with Crippen molar-refractivity contribution in [2.75, 3.05) is 20.2 Å². The molecule has 6 heteroatoms. The van der Waals surface area contributed by atoms with Gasteiger partial charge >= 0.3 is 12.1 Å². The van der Waals surface area contributed by atoms with Crippen molar-refractivity contribution in [1.29, 1.82) is 0 Å². The third-order valence-electron chi connectivity index (χ3n) is 4.28. The Labute approximate surface area is 119 Å². The molecule has 0 aromatic rings. The Morgan fingerprint density at radius 1 is 1.15 bits per heavy atom. The molecule has 1 atom stereocenters. The molecule has 1 heterocycles. The number of carbonyl (C=O) groups excluding carboxylic acids is 1. The number of amides is 1. The molecule has 0 spiro atoms. The lowest BCUT2D eigenvalue weighted by molar-refractivity contribution is -0.142. The first-order chi connectivity index (χ1) is 9.58. The molecule has 1 amide bonds. The summed E-state index contributed by atoms with van der Waals surface area (Å²) in [4.78, 5) is 23.5. The van der Waals surface area contributed by atoms with E-state index in [-0.39, 0.29) is 18.2 Å². The third-order valence-corrected chi connectivity index (χ3v) is 4.28. The van der Waals surface area contributed by atoms with E-state index in [1.54, 1.807) is 0 Å². The number of rotatable bonds is 4. The van der Waals surface area contributed by atoms with Gasteiger partial charge in [0.25, 0.3) is 0 Å².